The van der Waals surface area contributed by atoms with Gasteiger partial charge in [0.2, 0.25) is 0 Å². The highest BCUT2D eigenvalue weighted by molar-refractivity contribution is 7.85. The maximum atomic E-state index is 12.9. The van der Waals surface area contributed by atoms with Crippen molar-refractivity contribution in [2.75, 3.05) is 5.32 Å². The number of phenols is 1. The minimum absolute atomic E-state index is 0.0698. The largest absolute Gasteiger partial charge is 0.506 e. The van der Waals surface area contributed by atoms with E-state index in [1.54, 1.807) is 42.5 Å². The van der Waals surface area contributed by atoms with E-state index >= 15 is 0 Å². The highest BCUT2D eigenvalue weighted by Crippen LogP contribution is 2.25. The maximum Gasteiger partial charge on any atom is 0.255 e. The summed E-state index contributed by atoms with van der Waals surface area (Å²) in [4.78, 5) is 15.2. The zero-order valence-electron chi connectivity index (χ0n) is 17.3. The Kier molecular flexibility index (Phi) is 5.42. The van der Waals surface area contributed by atoms with Gasteiger partial charge in [-0.2, -0.15) is 0 Å². The number of hydrogen-bond acceptors (Lipinski definition) is 5. The minimum Gasteiger partial charge on any atom is -0.506 e. The maximum absolute atomic E-state index is 12.9. The fraction of sp³-hybridized carbons (Fsp3) is 0. The molecule has 162 valence electrons. The number of anilines is 1. The van der Waals surface area contributed by atoms with Crippen LogP contribution in [-0.4, -0.2) is 30.2 Å². The van der Waals surface area contributed by atoms with Crippen molar-refractivity contribution >= 4 is 33.4 Å². The van der Waals surface area contributed by atoms with Crippen molar-refractivity contribution in [2.45, 2.75) is 9.79 Å². The summed E-state index contributed by atoms with van der Waals surface area (Å²) < 4.78 is 12.9. The topological polar surface area (TPSA) is 97.1 Å². The Morgan fingerprint density at radius 1 is 0.788 bits per heavy atom. The number of aromatic hydroxyl groups is 1. The molecule has 0 bridgehead atoms. The van der Waals surface area contributed by atoms with Gasteiger partial charge >= 0.3 is 0 Å². The van der Waals surface area contributed by atoms with Crippen molar-refractivity contribution in [3.63, 3.8) is 0 Å². The second-order valence-corrected chi connectivity index (χ2v) is 8.73. The average Bonchev–Trinajstić information content (AvgIpc) is 3.28. The molecule has 0 spiro atoms. The number of rotatable bonds is 5. The molecule has 1 aromatic heterocycles. The van der Waals surface area contributed by atoms with Gasteiger partial charge < -0.3 is 10.4 Å². The van der Waals surface area contributed by atoms with Crippen LogP contribution in [0.1, 0.15) is 10.4 Å². The van der Waals surface area contributed by atoms with Crippen LogP contribution in [0.4, 0.5) is 5.69 Å². The van der Waals surface area contributed by atoms with Crippen LogP contribution < -0.4 is 5.32 Å². The normalized spacial score (nSPS) is 11.9. The SMILES string of the molecule is O=C(Nc1ccccc1)c1ccc(O)c(-n2nc3ccc(S(=O)c4ccccc4)cc3n2)c1. The average molecular weight is 455 g/mol. The van der Waals surface area contributed by atoms with E-state index in [2.05, 4.69) is 15.5 Å². The van der Waals surface area contributed by atoms with Gasteiger partial charge in [-0.1, -0.05) is 36.4 Å². The molecule has 0 saturated carbocycles. The number of nitrogens with one attached hydrogen (secondary N) is 1. The molecular formula is C25H18N4O3S. The Bertz CT molecular complexity index is 1480. The van der Waals surface area contributed by atoms with E-state index in [1.165, 1.54) is 23.0 Å². The molecule has 1 heterocycles. The third-order valence-corrected chi connectivity index (χ3v) is 6.39. The van der Waals surface area contributed by atoms with E-state index in [4.69, 9.17) is 0 Å². The van der Waals surface area contributed by atoms with Crippen LogP contribution in [0.15, 0.2) is 107 Å². The number of phenolic OH excluding ortho intramolecular Hbond substituents is 1. The van der Waals surface area contributed by atoms with Crippen molar-refractivity contribution in [3.8, 4) is 11.4 Å². The smallest absolute Gasteiger partial charge is 0.255 e. The molecule has 1 amide bonds. The first-order valence-corrected chi connectivity index (χ1v) is 11.3. The molecule has 2 N–H and O–H groups in total. The number of carbonyl (C=O) groups excluding carboxylic acids is 1. The van der Waals surface area contributed by atoms with Crippen LogP contribution in [0.3, 0.4) is 0 Å². The van der Waals surface area contributed by atoms with Gasteiger partial charge in [0.05, 0.1) is 10.8 Å². The van der Waals surface area contributed by atoms with E-state index in [1.807, 2.05) is 36.4 Å². The Hall–Kier alpha value is -4.30. The van der Waals surface area contributed by atoms with Crippen LogP contribution in [0.2, 0.25) is 0 Å². The number of para-hydroxylation sites is 1. The Morgan fingerprint density at radius 3 is 2.24 bits per heavy atom. The first-order chi connectivity index (χ1) is 16.1. The molecule has 4 aromatic carbocycles. The van der Waals surface area contributed by atoms with E-state index in [0.717, 1.165) is 0 Å². The fourth-order valence-corrected chi connectivity index (χ4v) is 4.43. The number of amides is 1. The summed E-state index contributed by atoms with van der Waals surface area (Å²) in [5.41, 5.74) is 2.37. The molecule has 5 rings (SSSR count). The van der Waals surface area contributed by atoms with Crippen molar-refractivity contribution in [3.05, 3.63) is 103 Å². The number of nitrogens with zero attached hydrogens (tertiary/aromatic N) is 3. The summed E-state index contributed by atoms with van der Waals surface area (Å²) in [6, 6.07) is 27.9. The second kappa shape index (κ2) is 8.68. The lowest BCUT2D eigenvalue weighted by atomic mass is 10.1. The summed E-state index contributed by atoms with van der Waals surface area (Å²) in [5, 5.41) is 22.1. The molecule has 0 fully saturated rings. The molecule has 8 heteroatoms. The van der Waals surface area contributed by atoms with Gasteiger partial charge in [0, 0.05) is 21.0 Å². The standard InChI is InChI=1S/C25H18N4O3S/c30-24-14-11-17(25(31)26-18-7-3-1-4-8-18)15-23(24)29-27-21-13-12-20(16-22(21)28-29)33(32)19-9-5-2-6-10-19/h1-16,30H,(H,26,31). The van der Waals surface area contributed by atoms with Crippen LogP contribution in [0.25, 0.3) is 16.7 Å². The predicted octanol–water partition coefficient (Wildman–Crippen LogP) is 4.55. The lowest BCUT2D eigenvalue weighted by molar-refractivity contribution is 0.102. The number of carbonyl (C=O) groups is 1. The number of aromatic nitrogens is 3. The molecule has 0 saturated heterocycles. The number of benzene rings is 4. The molecule has 33 heavy (non-hydrogen) atoms. The molecule has 0 radical (unpaired) electrons. The third-order valence-electron chi connectivity index (χ3n) is 5.01. The highest BCUT2D eigenvalue weighted by Gasteiger charge is 2.15. The Labute approximate surface area is 191 Å². The van der Waals surface area contributed by atoms with Gasteiger partial charge in [0.1, 0.15) is 22.5 Å². The number of fused-ring (bicyclic) bond motifs is 1. The molecule has 0 aliphatic carbocycles. The quantitative estimate of drug-likeness (QED) is 0.406. The first-order valence-electron chi connectivity index (χ1n) is 10.1. The van der Waals surface area contributed by atoms with Gasteiger partial charge in [0.25, 0.3) is 5.91 Å². The summed E-state index contributed by atoms with van der Waals surface area (Å²) in [6.07, 6.45) is 0. The molecule has 0 aliphatic heterocycles. The zero-order valence-corrected chi connectivity index (χ0v) is 18.1. The molecule has 1 unspecified atom stereocenters. The van der Waals surface area contributed by atoms with Crippen LogP contribution >= 0.6 is 0 Å². The lowest BCUT2D eigenvalue weighted by Crippen LogP contribution is -2.12. The molecule has 5 aromatic rings. The first kappa shape index (κ1) is 20.6. The minimum atomic E-state index is -1.35. The lowest BCUT2D eigenvalue weighted by Gasteiger charge is -2.08. The van der Waals surface area contributed by atoms with E-state index in [0.29, 0.717) is 32.1 Å². The predicted molar refractivity (Wildman–Crippen MR) is 126 cm³/mol. The number of hydrogen-bond donors (Lipinski definition) is 2. The Morgan fingerprint density at radius 2 is 1.48 bits per heavy atom. The van der Waals surface area contributed by atoms with Gasteiger partial charge in [-0.05, 0) is 60.7 Å². The molecule has 0 aliphatic rings. The fourth-order valence-electron chi connectivity index (χ4n) is 3.35. The van der Waals surface area contributed by atoms with E-state index < -0.39 is 10.8 Å². The summed E-state index contributed by atoms with van der Waals surface area (Å²) >= 11 is 0. The van der Waals surface area contributed by atoms with E-state index in [-0.39, 0.29) is 17.3 Å². The van der Waals surface area contributed by atoms with Gasteiger partial charge in [-0.25, -0.2) is 4.21 Å². The molecule has 1 atom stereocenters. The monoisotopic (exact) mass is 454 g/mol. The second-order valence-electron chi connectivity index (χ2n) is 7.25. The zero-order chi connectivity index (χ0) is 22.8. The van der Waals surface area contributed by atoms with Gasteiger partial charge in [-0.15, -0.1) is 15.0 Å². The molecular weight excluding hydrogens is 436 g/mol. The Balaban J connectivity index is 1.47. The van der Waals surface area contributed by atoms with Crippen LogP contribution in [0, 0.1) is 0 Å². The molecule has 7 nitrogen and oxygen atoms in total. The summed E-state index contributed by atoms with van der Waals surface area (Å²) in [5.74, 6) is -0.389. The van der Waals surface area contributed by atoms with Crippen molar-refractivity contribution < 1.29 is 14.1 Å². The van der Waals surface area contributed by atoms with Crippen molar-refractivity contribution in [2.24, 2.45) is 0 Å². The van der Waals surface area contributed by atoms with Gasteiger partial charge in [-0.3, -0.25) is 4.79 Å². The summed E-state index contributed by atoms with van der Waals surface area (Å²) in [7, 11) is -1.35. The van der Waals surface area contributed by atoms with Crippen molar-refractivity contribution in [1.82, 2.24) is 15.0 Å². The van der Waals surface area contributed by atoms with E-state index in [9.17, 15) is 14.1 Å². The highest BCUT2D eigenvalue weighted by atomic mass is 32.2. The van der Waals surface area contributed by atoms with Crippen LogP contribution in [0.5, 0.6) is 5.75 Å². The van der Waals surface area contributed by atoms with Crippen LogP contribution in [-0.2, 0) is 10.8 Å². The van der Waals surface area contributed by atoms with Crippen molar-refractivity contribution in [1.29, 1.82) is 0 Å². The van der Waals surface area contributed by atoms with Gasteiger partial charge in [0.15, 0.2) is 0 Å². The third kappa shape index (κ3) is 4.24. The summed E-state index contributed by atoms with van der Waals surface area (Å²) in [6.45, 7) is 0.